The van der Waals surface area contributed by atoms with Gasteiger partial charge in [-0.25, -0.2) is 9.59 Å². The topological polar surface area (TPSA) is 148 Å². The zero-order chi connectivity index (χ0) is 43.3. The number of methoxy groups -OCH3 is 5. The fourth-order valence-corrected chi connectivity index (χ4v) is 8.66. The standard InChI is InChI=1S/C45H61ClN2O12/c1-47(14-11-33-25-34(29-49)35(30-50)26-36(33)38(47)21-31-9-10-39(53-2)40(22-31)54-3)12-7-18-60-45(52)37(46)27-43(51)59-17-8-13-48(15-19-58-20-16-48)28-32-23-41(55-4)44(57-6)42(24-32)56-5/h9-10,22-27,38,49-50H,7-8,11-21,28-30H2,1-6H3/q+2/b37-27-/t38-,47-/m1/s1. The van der Waals surface area contributed by atoms with E-state index in [1.807, 2.05) is 42.5 Å². The van der Waals surface area contributed by atoms with E-state index >= 15 is 0 Å². The summed E-state index contributed by atoms with van der Waals surface area (Å²) in [4.78, 5) is 25.6. The number of nitrogens with zero attached hydrogens (tertiary/aromatic N) is 2. The molecule has 1 saturated heterocycles. The third-order valence-corrected chi connectivity index (χ3v) is 12.1. The predicted octanol–water partition coefficient (Wildman–Crippen LogP) is 5.04. The fraction of sp³-hybridized carbons (Fsp3) is 0.511. The van der Waals surface area contributed by atoms with Crippen molar-refractivity contribution < 1.29 is 66.7 Å². The Morgan fingerprint density at radius 3 is 2.02 bits per heavy atom. The van der Waals surface area contributed by atoms with Gasteiger partial charge in [0.15, 0.2) is 23.0 Å². The quantitative estimate of drug-likeness (QED) is 0.0641. The summed E-state index contributed by atoms with van der Waals surface area (Å²) >= 11 is 6.25. The number of fused-ring (bicyclic) bond motifs is 1. The first-order chi connectivity index (χ1) is 28.9. The number of halogens is 1. The van der Waals surface area contributed by atoms with Crippen molar-refractivity contribution in [1.29, 1.82) is 0 Å². The molecule has 328 valence electrons. The number of rotatable bonds is 21. The maximum atomic E-state index is 12.9. The van der Waals surface area contributed by atoms with Crippen molar-refractivity contribution in [3.8, 4) is 28.7 Å². The molecule has 2 atom stereocenters. The van der Waals surface area contributed by atoms with E-state index in [1.165, 1.54) is 0 Å². The molecule has 5 rings (SSSR count). The minimum atomic E-state index is -0.797. The minimum Gasteiger partial charge on any atom is -0.493 e. The van der Waals surface area contributed by atoms with Gasteiger partial charge in [-0.2, -0.15) is 0 Å². The van der Waals surface area contributed by atoms with Gasteiger partial charge in [0.1, 0.15) is 30.7 Å². The molecule has 0 unspecified atom stereocenters. The molecule has 0 saturated carbocycles. The number of likely N-dealkylation sites (N-methyl/N-ethyl adjacent to an activating group) is 1. The van der Waals surface area contributed by atoms with E-state index in [0.29, 0.717) is 84.4 Å². The van der Waals surface area contributed by atoms with Crippen LogP contribution in [0, 0.1) is 0 Å². The Morgan fingerprint density at radius 1 is 0.767 bits per heavy atom. The van der Waals surface area contributed by atoms with Gasteiger partial charge >= 0.3 is 11.9 Å². The van der Waals surface area contributed by atoms with Crippen LogP contribution in [0.4, 0.5) is 0 Å². The van der Waals surface area contributed by atoms with E-state index in [2.05, 4.69) is 7.05 Å². The molecule has 0 aliphatic carbocycles. The number of hydrogen-bond acceptors (Lipinski definition) is 12. The SMILES string of the molecule is COc1ccc(C[C@@H]2c3cc(CO)c(CO)cc3CC[N@@+]2(C)CCCOC(=O)/C(Cl)=C/C(=O)OCCC[N+]2(Cc3cc(OC)c(OC)c(OC)c3)CCOCC2)cc1OC. The highest BCUT2D eigenvalue weighted by atomic mass is 35.5. The van der Waals surface area contributed by atoms with E-state index < -0.39 is 11.9 Å². The normalized spacial score (nSPS) is 18.6. The molecule has 60 heavy (non-hydrogen) atoms. The van der Waals surface area contributed by atoms with Gasteiger partial charge in [0.05, 0.1) is 102 Å². The molecule has 2 heterocycles. The van der Waals surface area contributed by atoms with Crippen molar-refractivity contribution >= 4 is 23.5 Å². The molecule has 0 spiro atoms. The van der Waals surface area contributed by atoms with Crippen LogP contribution in [-0.2, 0) is 56.4 Å². The zero-order valence-corrected chi connectivity index (χ0v) is 36.5. The summed E-state index contributed by atoms with van der Waals surface area (Å²) in [5, 5.41) is 19.8. The Hall–Kier alpha value is -4.57. The third kappa shape index (κ3) is 11.4. The third-order valence-electron chi connectivity index (χ3n) is 11.9. The number of morpholine rings is 1. The highest BCUT2D eigenvalue weighted by molar-refractivity contribution is 6.42. The number of ether oxygens (including phenoxy) is 8. The summed E-state index contributed by atoms with van der Waals surface area (Å²) in [6.45, 7) is 5.67. The fourth-order valence-electron chi connectivity index (χ4n) is 8.52. The molecule has 0 radical (unpaired) electrons. The maximum absolute atomic E-state index is 12.9. The van der Waals surface area contributed by atoms with Crippen molar-refractivity contribution in [2.75, 3.05) is 102 Å². The number of aliphatic hydroxyl groups is 2. The van der Waals surface area contributed by atoms with Gasteiger partial charge in [-0.1, -0.05) is 23.7 Å². The molecule has 0 amide bonds. The van der Waals surface area contributed by atoms with Crippen molar-refractivity contribution in [1.82, 2.24) is 0 Å². The van der Waals surface area contributed by atoms with Crippen LogP contribution >= 0.6 is 11.6 Å². The van der Waals surface area contributed by atoms with Crippen LogP contribution in [0.1, 0.15) is 52.3 Å². The highest BCUT2D eigenvalue weighted by Crippen LogP contribution is 2.41. The second kappa shape index (κ2) is 21.8. The van der Waals surface area contributed by atoms with Crippen LogP contribution in [0.3, 0.4) is 0 Å². The number of carbonyl (C=O) groups is 2. The van der Waals surface area contributed by atoms with E-state index in [0.717, 1.165) is 71.0 Å². The van der Waals surface area contributed by atoms with Crippen LogP contribution in [0.25, 0.3) is 0 Å². The van der Waals surface area contributed by atoms with E-state index in [9.17, 15) is 19.8 Å². The highest BCUT2D eigenvalue weighted by Gasteiger charge is 2.40. The van der Waals surface area contributed by atoms with E-state index in [-0.39, 0.29) is 37.5 Å². The number of carbonyl (C=O) groups excluding carboxylic acids is 2. The summed E-state index contributed by atoms with van der Waals surface area (Å²) in [6.07, 6.45) is 3.55. The van der Waals surface area contributed by atoms with Crippen LogP contribution in [0.15, 0.2) is 53.6 Å². The van der Waals surface area contributed by atoms with Gasteiger partial charge in [0.25, 0.3) is 0 Å². The van der Waals surface area contributed by atoms with Gasteiger partial charge in [-0.05, 0) is 52.6 Å². The number of benzene rings is 3. The summed E-state index contributed by atoms with van der Waals surface area (Å²) in [5.41, 5.74) is 5.76. The molecule has 15 heteroatoms. The summed E-state index contributed by atoms with van der Waals surface area (Å²) < 4.78 is 45.7. The molecule has 3 aromatic rings. The Balaban J connectivity index is 1.16. The number of hydrogen-bond donors (Lipinski definition) is 2. The Morgan fingerprint density at radius 2 is 1.38 bits per heavy atom. The van der Waals surface area contributed by atoms with Crippen LogP contribution in [0.2, 0.25) is 0 Å². The summed E-state index contributed by atoms with van der Waals surface area (Å²) in [5.74, 6) is 1.48. The molecule has 3 aromatic carbocycles. The average molecular weight is 857 g/mol. The lowest BCUT2D eigenvalue weighted by Crippen LogP contribution is -2.55. The van der Waals surface area contributed by atoms with Crippen molar-refractivity contribution in [2.45, 2.75) is 51.5 Å². The first-order valence-corrected chi connectivity index (χ1v) is 20.7. The van der Waals surface area contributed by atoms with E-state index in [4.69, 9.17) is 49.5 Å². The van der Waals surface area contributed by atoms with Gasteiger partial charge in [-0.3, -0.25) is 0 Å². The lowest BCUT2D eigenvalue weighted by atomic mass is 9.84. The van der Waals surface area contributed by atoms with Crippen LogP contribution < -0.4 is 23.7 Å². The molecular weight excluding hydrogens is 796 g/mol. The van der Waals surface area contributed by atoms with Gasteiger partial charge in [-0.15, -0.1) is 0 Å². The first kappa shape index (κ1) is 46.5. The summed E-state index contributed by atoms with van der Waals surface area (Å²) in [6, 6.07) is 13.8. The number of aliphatic hydroxyl groups excluding tert-OH is 2. The zero-order valence-electron chi connectivity index (χ0n) is 35.8. The van der Waals surface area contributed by atoms with Crippen molar-refractivity contribution in [2.24, 2.45) is 0 Å². The monoisotopic (exact) mass is 856 g/mol. The van der Waals surface area contributed by atoms with Crippen LogP contribution in [-0.4, -0.2) is 133 Å². The molecule has 14 nitrogen and oxygen atoms in total. The number of quaternary nitrogens is 2. The van der Waals surface area contributed by atoms with Crippen molar-refractivity contribution in [3.05, 3.63) is 87.0 Å². The maximum Gasteiger partial charge on any atom is 0.350 e. The molecule has 2 aliphatic heterocycles. The molecular formula is C45H61ClN2O12+2. The van der Waals surface area contributed by atoms with Gasteiger partial charge < -0.3 is 57.1 Å². The average Bonchev–Trinajstić information content (AvgIpc) is 3.26. The first-order valence-electron chi connectivity index (χ1n) is 20.3. The minimum absolute atomic E-state index is 0.00607. The van der Waals surface area contributed by atoms with Gasteiger partial charge in [0, 0.05) is 42.9 Å². The second-order valence-corrected chi connectivity index (χ2v) is 15.9. The Bertz CT molecular complexity index is 1940. The lowest BCUT2D eigenvalue weighted by molar-refractivity contribution is -0.947. The van der Waals surface area contributed by atoms with E-state index in [1.54, 1.807) is 35.5 Å². The largest absolute Gasteiger partial charge is 0.493 e. The van der Waals surface area contributed by atoms with Gasteiger partial charge in [0.2, 0.25) is 5.75 Å². The molecule has 0 aromatic heterocycles. The summed E-state index contributed by atoms with van der Waals surface area (Å²) in [7, 11) is 10.2. The Labute approximate surface area is 358 Å². The second-order valence-electron chi connectivity index (χ2n) is 15.5. The molecule has 2 N–H and O–H groups in total. The lowest BCUT2D eigenvalue weighted by Gasteiger charge is -2.46. The Kier molecular flexibility index (Phi) is 16.9. The molecule has 1 fully saturated rings. The number of esters is 2. The van der Waals surface area contributed by atoms with Crippen molar-refractivity contribution in [3.63, 3.8) is 0 Å². The molecule has 0 bridgehead atoms. The smallest absolute Gasteiger partial charge is 0.350 e. The predicted molar refractivity (Wildman–Crippen MR) is 224 cm³/mol. The van der Waals surface area contributed by atoms with Crippen LogP contribution in [0.5, 0.6) is 28.7 Å². The molecule has 2 aliphatic rings.